The van der Waals surface area contributed by atoms with E-state index in [1.807, 2.05) is 17.0 Å². The van der Waals surface area contributed by atoms with E-state index in [0.29, 0.717) is 45.2 Å². The number of hydrogen-bond acceptors (Lipinski definition) is 4. The minimum atomic E-state index is -0.0904. The van der Waals surface area contributed by atoms with Crippen molar-refractivity contribution in [3.63, 3.8) is 0 Å². The molecule has 1 atom stereocenters. The zero-order chi connectivity index (χ0) is 17.4. The first kappa shape index (κ1) is 16.1. The number of rotatable bonds is 3. The average Bonchev–Trinajstić information content (AvgIpc) is 3.39. The Hall–Kier alpha value is -2.44. The van der Waals surface area contributed by atoms with Crippen molar-refractivity contribution in [2.45, 2.75) is 31.3 Å². The number of urea groups is 1. The molecule has 2 aliphatic heterocycles. The summed E-state index contributed by atoms with van der Waals surface area (Å²) in [5.74, 6) is 0.433. The summed E-state index contributed by atoms with van der Waals surface area (Å²) in [4.78, 5) is 30.3. The lowest BCUT2D eigenvalue weighted by molar-refractivity contribution is -0.128. The Balaban J connectivity index is 1.28. The van der Waals surface area contributed by atoms with Crippen LogP contribution in [0.4, 0.5) is 10.5 Å². The molecule has 0 unspecified atom stereocenters. The van der Waals surface area contributed by atoms with E-state index in [1.165, 1.54) is 0 Å². The molecule has 1 aliphatic carbocycles. The van der Waals surface area contributed by atoms with Crippen LogP contribution in [0.2, 0.25) is 0 Å². The number of aromatic hydroxyl groups is 1. The number of nitrogens with zero attached hydrogens (tertiary/aromatic N) is 3. The van der Waals surface area contributed by atoms with Gasteiger partial charge in [-0.05, 0) is 25.0 Å². The van der Waals surface area contributed by atoms with E-state index in [2.05, 4.69) is 10.2 Å². The summed E-state index contributed by atoms with van der Waals surface area (Å²) >= 11 is 0. The normalized spacial score (nSPS) is 23.9. The molecule has 3 fully saturated rings. The van der Waals surface area contributed by atoms with Crippen molar-refractivity contribution in [2.24, 2.45) is 0 Å². The maximum atomic E-state index is 12.5. The smallest absolute Gasteiger partial charge is 0.317 e. The van der Waals surface area contributed by atoms with E-state index in [1.54, 1.807) is 17.0 Å². The monoisotopic (exact) mass is 344 g/mol. The Kier molecular flexibility index (Phi) is 4.15. The standard InChI is InChI=1S/C18H24N4O3/c23-16-4-2-1-3-15(16)20-7-9-21(10-8-20)18(25)19-13-11-17(24)22(12-13)14-5-6-14/h1-4,13-14,23H,5-12H2,(H,19,25)/t13-/m1/s1. The number of para-hydroxylation sites is 2. The second-order valence-electron chi connectivity index (χ2n) is 7.09. The van der Waals surface area contributed by atoms with Gasteiger partial charge in [0.1, 0.15) is 5.75 Å². The molecule has 1 aromatic rings. The number of phenols is 1. The number of carbonyl (C=O) groups excluding carboxylic acids is 2. The number of phenolic OH excluding ortho intramolecular Hbond substituents is 1. The van der Waals surface area contributed by atoms with Gasteiger partial charge >= 0.3 is 6.03 Å². The topological polar surface area (TPSA) is 76.1 Å². The van der Waals surface area contributed by atoms with Crippen molar-refractivity contribution in [1.82, 2.24) is 15.1 Å². The Bertz CT molecular complexity index is 668. The Morgan fingerprint density at radius 3 is 2.52 bits per heavy atom. The first-order valence-electron chi connectivity index (χ1n) is 8.99. The first-order chi connectivity index (χ1) is 12.1. The Morgan fingerprint density at radius 2 is 1.84 bits per heavy atom. The lowest BCUT2D eigenvalue weighted by atomic mass is 10.2. The number of amides is 3. The zero-order valence-electron chi connectivity index (χ0n) is 14.2. The van der Waals surface area contributed by atoms with Crippen molar-refractivity contribution >= 4 is 17.6 Å². The van der Waals surface area contributed by atoms with Crippen molar-refractivity contribution < 1.29 is 14.7 Å². The number of benzene rings is 1. The lowest BCUT2D eigenvalue weighted by Crippen LogP contribution is -2.53. The van der Waals surface area contributed by atoms with E-state index < -0.39 is 0 Å². The predicted octanol–water partition coefficient (Wildman–Crippen LogP) is 0.987. The molecule has 134 valence electrons. The largest absolute Gasteiger partial charge is 0.506 e. The van der Waals surface area contributed by atoms with Crippen molar-refractivity contribution in [2.75, 3.05) is 37.6 Å². The molecule has 25 heavy (non-hydrogen) atoms. The minimum absolute atomic E-state index is 0.0724. The molecule has 2 saturated heterocycles. The highest BCUT2D eigenvalue weighted by Gasteiger charge is 2.40. The van der Waals surface area contributed by atoms with Gasteiger partial charge in [-0.15, -0.1) is 0 Å². The number of hydrogen-bond donors (Lipinski definition) is 2. The molecule has 1 aromatic carbocycles. The summed E-state index contributed by atoms with van der Waals surface area (Å²) in [6.45, 7) is 3.22. The van der Waals surface area contributed by atoms with Crippen LogP contribution < -0.4 is 10.2 Å². The maximum absolute atomic E-state index is 12.5. The molecule has 0 bridgehead atoms. The molecular weight excluding hydrogens is 320 g/mol. The molecule has 0 aromatic heterocycles. The van der Waals surface area contributed by atoms with Gasteiger partial charge in [0.15, 0.2) is 0 Å². The van der Waals surface area contributed by atoms with E-state index in [4.69, 9.17) is 0 Å². The van der Waals surface area contributed by atoms with E-state index in [-0.39, 0.29) is 23.7 Å². The van der Waals surface area contributed by atoms with Gasteiger partial charge in [-0.1, -0.05) is 12.1 Å². The maximum Gasteiger partial charge on any atom is 0.317 e. The number of nitrogens with one attached hydrogen (secondary N) is 1. The average molecular weight is 344 g/mol. The number of piperazine rings is 1. The second kappa shape index (κ2) is 6.46. The summed E-state index contributed by atoms with van der Waals surface area (Å²) in [7, 11) is 0. The van der Waals surface area contributed by atoms with Crippen LogP contribution in [-0.4, -0.2) is 71.7 Å². The van der Waals surface area contributed by atoms with Crippen LogP contribution in [0.25, 0.3) is 0 Å². The molecule has 3 amide bonds. The minimum Gasteiger partial charge on any atom is -0.506 e. The summed E-state index contributed by atoms with van der Waals surface area (Å²) in [6, 6.07) is 7.52. The Morgan fingerprint density at radius 1 is 1.12 bits per heavy atom. The summed E-state index contributed by atoms with van der Waals surface area (Å²) in [6.07, 6.45) is 2.61. The molecule has 7 heteroatoms. The van der Waals surface area contributed by atoms with Gasteiger partial charge < -0.3 is 25.1 Å². The van der Waals surface area contributed by atoms with Crippen LogP contribution in [0, 0.1) is 0 Å². The predicted molar refractivity (Wildman–Crippen MR) is 93.6 cm³/mol. The summed E-state index contributed by atoms with van der Waals surface area (Å²) < 4.78 is 0. The van der Waals surface area contributed by atoms with Crippen molar-refractivity contribution in [3.8, 4) is 5.75 Å². The number of anilines is 1. The molecule has 4 rings (SSSR count). The van der Waals surface area contributed by atoms with Crippen LogP contribution in [-0.2, 0) is 4.79 Å². The Labute approximate surface area is 147 Å². The molecule has 3 aliphatic rings. The van der Waals surface area contributed by atoms with Gasteiger partial charge in [-0.2, -0.15) is 0 Å². The van der Waals surface area contributed by atoms with E-state index in [0.717, 1.165) is 18.5 Å². The molecule has 7 nitrogen and oxygen atoms in total. The molecule has 0 spiro atoms. The third kappa shape index (κ3) is 3.36. The third-order valence-corrected chi connectivity index (χ3v) is 5.26. The van der Waals surface area contributed by atoms with Crippen LogP contribution in [0.15, 0.2) is 24.3 Å². The fourth-order valence-electron chi connectivity index (χ4n) is 3.72. The molecule has 2 N–H and O–H groups in total. The molecular formula is C18H24N4O3. The number of carbonyl (C=O) groups is 2. The fraction of sp³-hybridized carbons (Fsp3) is 0.556. The highest BCUT2D eigenvalue weighted by Crippen LogP contribution is 2.31. The lowest BCUT2D eigenvalue weighted by Gasteiger charge is -2.36. The van der Waals surface area contributed by atoms with Gasteiger partial charge in [0.25, 0.3) is 0 Å². The van der Waals surface area contributed by atoms with Crippen LogP contribution >= 0.6 is 0 Å². The third-order valence-electron chi connectivity index (χ3n) is 5.26. The quantitative estimate of drug-likeness (QED) is 0.857. The van der Waals surface area contributed by atoms with Gasteiger partial charge in [-0.3, -0.25) is 4.79 Å². The highest BCUT2D eigenvalue weighted by atomic mass is 16.3. The van der Waals surface area contributed by atoms with Crippen molar-refractivity contribution in [3.05, 3.63) is 24.3 Å². The summed E-state index contributed by atoms with van der Waals surface area (Å²) in [5.41, 5.74) is 0.809. The fourth-order valence-corrected chi connectivity index (χ4v) is 3.72. The summed E-state index contributed by atoms with van der Waals surface area (Å²) in [5, 5.41) is 13.0. The number of likely N-dealkylation sites (tertiary alicyclic amines) is 1. The zero-order valence-corrected chi connectivity index (χ0v) is 14.2. The molecule has 2 heterocycles. The molecule has 0 radical (unpaired) electrons. The second-order valence-corrected chi connectivity index (χ2v) is 7.09. The van der Waals surface area contributed by atoms with Crippen molar-refractivity contribution in [1.29, 1.82) is 0 Å². The molecule has 1 saturated carbocycles. The van der Waals surface area contributed by atoms with Gasteiger partial charge in [0.2, 0.25) is 5.91 Å². The van der Waals surface area contributed by atoms with E-state index in [9.17, 15) is 14.7 Å². The van der Waals surface area contributed by atoms with Gasteiger partial charge in [-0.25, -0.2) is 4.79 Å². The first-order valence-corrected chi connectivity index (χ1v) is 8.99. The van der Waals surface area contributed by atoms with Gasteiger partial charge in [0.05, 0.1) is 11.7 Å². The van der Waals surface area contributed by atoms with Gasteiger partial charge in [0, 0.05) is 45.2 Å². The van der Waals surface area contributed by atoms with Crippen LogP contribution in [0.3, 0.4) is 0 Å². The van der Waals surface area contributed by atoms with Crippen LogP contribution in [0.1, 0.15) is 19.3 Å². The van der Waals surface area contributed by atoms with Crippen LogP contribution in [0.5, 0.6) is 5.75 Å². The van der Waals surface area contributed by atoms with E-state index >= 15 is 0 Å². The SMILES string of the molecule is O=C(N[C@@H]1CC(=O)N(C2CC2)C1)N1CCN(c2ccccc2O)CC1. The highest BCUT2D eigenvalue weighted by molar-refractivity contribution is 5.82.